The van der Waals surface area contributed by atoms with Crippen LogP contribution in [0.2, 0.25) is 19.4 Å². The van der Waals surface area contributed by atoms with Crippen molar-refractivity contribution in [3.8, 4) is 0 Å². The first-order chi connectivity index (χ1) is 13.4. The van der Waals surface area contributed by atoms with Crippen molar-refractivity contribution >= 4 is 26.2 Å². The maximum atomic E-state index is 11.7. The smallest absolute Gasteiger partial charge is 0.403 e. The SMILES string of the molecule is CC(=O)c1ccc(C(CB2OC(C)(C)C(C)(C)O2)[Si](C)(C)c2ccccc2)cc1. The van der Waals surface area contributed by atoms with Gasteiger partial charge in [0.2, 0.25) is 0 Å². The largest absolute Gasteiger partial charge is 0.458 e. The predicted octanol–water partition coefficient (Wildman–Crippen LogP) is 5.22. The molecule has 1 aliphatic heterocycles. The maximum Gasteiger partial charge on any atom is 0.458 e. The Balaban J connectivity index is 1.97. The van der Waals surface area contributed by atoms with Gasteiger partial charge in [0.05, 0.1) is 19.3 Å². The zero-order chi connectivity index (χ0) is 21.4. The van der Waals surface area contributed by atoms with Crippen molar-refractivity contribution in [2.24, 2.45) is 0 Å². The first kappa shape index (κ1) is 22.0. The molecule has 2 aromatic rings. The van der Waals surface area contributed by atoms with Crippen LogP contribution < -0.4 is 5.19 Å². The van der Waals surface area contributed by atoms with E-state index in [1.807, 2.05) is 12.1 Å². The fraction of sp³-hybridized carbons (Fsp3) is 0.458. The second kappa shape index (κ2) is 7.86. The van der Waals surface area contributed by atoms with Gasteiger partial charge in [0.15, 0.2) is 5.78 Å². The summed E-state index contributed by atoms with van der Waals surface area (Å²) in [6.45, 7) is 14.8. The molecule has 0 N–H and O–H groups in total. The zero-order valence-corrected chi connectivity index (χ0v) is 19.8. The molecule has 1 fully saturated rings. The highest BCUT2D eigenvalue weighted by Crippen LogP contribution is 2.41. The lowest BCUT2D eigenvalue weighted by atomic mass is 9.81. The maximum absolute atomic E-state index is 11.7. The molecule has 1 atom stereocenters. The van der Waals surface area contributed by atoms with Crippen LogP contribution in [0.3, 0.4) is 0 Å². The molecule has 0 saturated carbocycles. The normalized spacial score (nSPS) is 19.2. The Kier molecular flexibility index (Phi) is 5.96. The number of benzene rings is 2. The van der Waals surface area contributed by atoms with Gasteiger partial charge in [0, 0.05) is 5.56 Å². The van der Waals surface area contributed by atoms with E-state index < -0.39 is 8.07 Å². The molecule has 1 unspecified atom stereocenters. The van der Waals surface area contributed by atoms with E-state index in [-0.39, 0.29) is 24.1 Å². The summed E-state index contributed by atoms with van der Waals surface area (Å²) < 4.78 is 12.7. The lowest BCUT2D eigenvalue weighted by Crippen LogP contribution is -2.49. The predicted molar refractivity (Wildman–Crippen MR) is 124 cm³/mol. The van der Waals surface area contributed by atoms with Crippen LogP contribution in [0.4, 0.5) is 0 Å². The van der Waals surface area contributed by atoms with Crippen molar-refractivity contribution in [2.45, 2.75) is 70.8 Å². The van der Waals surface area contributed by atoms with E-state index in [0.717, 1.165) is 11.9 Å². The van der Waals surface area contributed by atoms with E-state index in [2.05, 4.69) is 83.3 Å². The molecule has 29 heavy (non-hydrogen) atoms. The first-order valence-electron chi connectivity index (χ1n) is 10.5. The molecule has 0 bridgehead atoms. The first-order valence-corrected chi connectivity index (χ1v) is 13.5. The molecule has 0 radical (unpaired) electrons. The minimum Gasteiger partial charge on any atom is -0.403 e. The molecular formula is C24H33BO3Si. The summed E-state index contributed by atoms with van der Waals surface area (Å²) in [6.07, 6.45) is 0.806. The summed E-state index contributed by atoms with van der Waals surface area (Å²) in [5.41, 5.74) is 1.64. The van der Waals surface area contributed by atoms with Gasteiger partial charge in [-0.2, -0.15) is 0 Å². The van der Waals surface area contributed by atoms with Crippen LogP contribution in [0.15, 0.2) is 54.6 Å². The third-order valence-corrected chi connectivity index (χ3v) is 11.0. The van der Waals surface area contributed by atoms with Gasteiger partial charge in [-0.05, 0) is 52.0 Å². The van der Waals surface area contributed by atoms with Gasteiger partial charge in [0.1, 0.15) is 0 Å². The van der Waals surface area contributed by atoms with Crippen LogP contribution in [0.25, 0.3) is 0 Å². The third-order valence-electron chi connectivity index (χ3n) is 6.84. The fourth-order valence-electron chi connectivity index (χ4n) is 4.12. The van der Waals surface area contributed by atoms with Crippen LogP contribution >= 0.6 is 0 Å². The Labute approximate surface area is 177 Å². The van der Waals surface area contributed by atoms with Crippen molar-refractivity contribution < 1.29 is 14.1 Å². The summed E-state index contributed by atoms with van der Waals surface area (Å²) in [5.74, 6) is 0.0959. The Hall–Kier alpha value is -1.69. The second-order valence-corrected chi connectivity index (χ2v) is 14.5. The number of hydrogen-bond donors (Lipinski definition) is 0. The molecular weight excluding hydrogens is 375 g/mol. The summed E-state index contributed by atoms with van der Waals surface area (Å²) in [7, 11) is -2.14. The Morgan fingerprint density at radius 2 is 1.45 bits per heavy atom. The van der Waals surface area contributed by atoms with E-state index >= 15 is 0 Å². The summed E-state index contributed by atoms with van der Waals surface area (Å²) in [4.78, 5) is 11.7. The standard InChI is InChI=1S/C24H33BO3Si/c1-18(26)19-13-15-20(16-14-19)22(29(6,7)21-11-9-8-10-12-21)17-25-27-23(2,3)24(4,5)28-25/h8-16,22H,17H2,1-7H3. The van der Waals surface area contributed by atoms with Crippen molar-refractivity contribution in [3.05, 3.63) is 65.7 Å². The average molecular weight is 408 g/mol. The Bertz CT molecular complexity index is 843. The fourth-order valence-corrected chi connectivity index (χ4v) is 7.38. The Morgan fingerprint density at radius 1 is 0.931 bits per heavy atom. The quantitative estimate of drug-likeness (QED) is 0.486. The van der Waals surface area contributed by atoms with Gasteiger partial charge in [-0.25, -0.2) is 0 Å². The summed E-state index contributed by atoms with van der Waals surface area (Å²) >= 11 is 0. The number of hydrogen-bond acceptors (Lipinski definition) is 3. The second-order valence-electron chi connectivity index (χ2n) is 9.74. The van der Waals surface area contributed by atoms with Crippen molar-refractivity contribution in [3.63, 3.8) is 0 Å². The molecule has 0 aromatic heterocycles. The molecule has 3 rings (SSSR count). The molecule has 1 aliphatic rings. The zero-order valence-electron chi connectivity index (χ0n) is 18.8. The minimum atomic E-state index is -1.90. The molecule has 5 heteroatoms. The van der Waals surface area contributed by atoms with E-state index in [0.29, 0.717) is 5.54 Å². The molecule has 2 aromatic carbocycles. The minimum absolute atomic E-state index is 0.0959. The van der Waals surface area contributed by atoms with Gasteiger partial charge in [0.25, 0.3) is 0 Å². The highest BCUT2D eigenvalue weighted by atomic mass is 28.3. The van der Waals surface area contributed by atoms with Crippen LogP contribution in [-0.2, 0) is 9.31 Å². The van der Waals surface area contributed by atoms with Gasteiger partial charge in [-0.15, -0.1) is 0 Å². The van der Waals surface area contributed by atoms with E-state index in [4.69, 9.17) is 9.31 Å². The number of rotatable bonds is 6. The van der Waals surface area contributed by atoms with Crippen molar-refractivity contribution in [2.75, 3.05) is 0 Å². The molecule has 154 valence electrons. The van der Waals surface area contributed by atoms with E-state index in [1.165, 1.54) is 10.8 Å². The lowest BCUT2D eigenvalue weighted by Gasteiger charge is -2.34. The highest BCUT2D eigenvalue weighted by molar-refractivity contribution is 6.91. The number of carbonyl (C=O) groups is 1. The monoisotopic (exact) mass is 408 g/mol. The van der Waals surface area contributed by atoms with E-state index in [1.54, 1.807) is 6.92 Å². The number of ketones is 1. The van der Waals surface area contributed by atoms with Crippen LogP contribution in [0.1, 0.15) is 56.1 Å². The van der Waals surface area contributed by atoms with E-state index in [9.17, 15) is 4.79 Å². The third kappa shape index (κ3) is 4.42. The summed E-state index contributed by atoms with van der Waals surface area (Å²) in [6, 6.07) is 18.9. The van der Waals surface area contributed by atoms with Gasteiger partial charge in [-0.1, -0.05) is 72.9 Å². The average Bonchev–Trinajstić information content (AvgIpc) is 2.87. The van der Waals surface area contributed by atoms with Gasteiger partial charge < -0.3 is 9.31 Å². The topological polar surface area (TPSA) is 35.5 Å². The molecule has 0 amide bonds. The molecule has 1 saturated heterocycles. The molecule has 1 heterocycles. The van der Waals surface area contributed by atoms with Crippen LogP contribution in [-0.4, -0.2) is 32.2 Å². The summed E-state index contributed by atoms with van der Waals surface area (Å²) in [5, 5.41) is 1.41. The Morgan fingerprint density at radius 3 is 1.93 bits per heavy atom. The lowest BCUT2D eigenvalue weighted by molar-refractivity contribution is 0.00578. The van der Waals surface area contributed by atoms with Crippen molar-refractivity contribution in [1.82, 2.24) is 0 Å². The van der Waals surface area contributed by atoms with Gasteiger partial charge in [-0.3, -0.25) is 4.79 Å². The molecule has 0 spiro atoms. The molecule has 3 nitrogen and oxygen atoms in total. The van der Waals surface area contributed by atoms with Gasteiger partial charge >= 0.3 is 7.12 Å². The number of Topliss-reactive ketones (excluding diaryl/α,β-unsaturated/α-hetero) is 1. The highest BCUT2D eigenvalue weighted by Gasteiger charge is 2.52. The number of carbonyl (C=O) groups excluding carboxylic acids is 1. The van der Waals surface area contributed by atoms with Crippen LogP contribution in [0, 0.1) is 0 Å². The molecule has 0 aliphatic carbocycles. The van der Waals surface area contributed by atoms with Crippen molar-refractivity contribution in [1.29, 1.82) is 0 Å². The van der Waals surface area contributed by atoms with Crippen LogP contribution in [0.5, 0.6) is 0 Å².